The molecule has 1 amide bonds. The van der Waals surface area contributed by atoms with Crippen molar-refractivity contribution in [2.45, 2.75) is 39.8 Å². The molecule has 0 saturated carbocycles. The number of aliphatic hydroxyl groups excluding tert-OH is 1. The maximum atomic E-state index is 14.4. The quantitative estimate of drug-likeness (QED) is 0.308. The standard InChI is InChI=1S/C26H30FN7O3/c1-5-33(25(36)37-26(2,3)4)24-22-21(30-15-31-22)19-13-20(17-10-16(14-28)11-18(27)12-17)34(23(19)32-24)8-6-29-7-9-35/h10-13,15,29,35H,5-9H2,1-4H3,(H,30,31). The minimum absolute atomic E-state index is 0.00759. The van der Waals surface area contributed by atoms with E-state index in [0.29, 0.717) is 65.3 Å². The van der Waals surface area contributed by atoms with Crippen molar-refractivity contribution >= 4 is 34.0 Å². The number of pyridine rings is 1. The number of fused-ring (bicyclic) bond motifs is 3. The molecule has 0 unspecified atom stereocenters. The zero-order valence-corrected chi connectivity index (χ0v) is 21.3. The molecule has 10 nitrogen and oxygen atoms in total. The molecule has 0 radical (unpaired) electrons. The zero-order chi connectivity index (χ0) is 26.7. The van der Waals surface area contributed by atoms with Gasteiger partial charge >= 0.3 is 6.09 Å². The Hall–Kier alpha value is -4.01. The minimum atomic E-state index is -0.691. The number of anilines is 1. The Morgan fingerprint density at radius 1 is 1.30 bits per heavy atom. The number of nitrogens with zero attached hydrogens (tertiary/aromatic N) is 5. The number of halogens is 1. The summed E-state index contributed by atoms with van der Waals surface area (Å²) >= 11 is 0. The Morgan fingerprint density at radius 2 is 2.08 bits per heavy atom. The number of benzene rings is 1. The number of amides is 1. The van der Waals surface area contributed by atoms with E-state index in [4.69, 9.17) is 14.8 Å². The monoisotopic (exact) mass is 507 g/mol. The van der Waals surface area contributed by atoms with Gasteiger partial charge in [-0.25, -0.2) is 19.2 Å². The highest BCUT2D eigenvalue weighted by Gasteiger charge is 2.27. The number of ether oxygens (including phenoxy) is 1. The van der Waals surface area contributed by atoms with Gasteiger partial charge in [0.25, 0.3) is 0 Å². The molecule has 3 aromatic heterocycles. The van der Waals surface area contributed by atoms with E-state index in [1.165, 1.54) is 23.4 Å². The molecule has 0 spiro atoms. The number of hydrogen-bond donors (Lipinski definition) is 3. The molecule has 11 heteroatoms. The van der Waals surface area contributed by atoms with Crippen LogP contribution in [0.2, 0.25) is 0 Å². The first-order chi connectivity index (χ1) is 17.7. The lowest BCUT2D eigenvalue weighted by Gasteiger charge is -2.26. The first-order valence-corrected chi connectivity index (χ1v) is 12.1. The average Bonchev–Trinajstić information content (AvgIpc) is 3.46. The molecule has 4 rings (SSSR count). The van der Waals surface area contributed by atoms with Crippen LogP contribution in [0, 0.1) is 17.1 Å². The summed E-state index contributed by atoms with van der Waals surface area (Å²) in [6.07, 6.45) is 0.998. The summed E-state index contributed by atoms with van der Waals surface area (Å²) in [7, 11) is 0. The van der Waals surface area contributed by atoms with Crippen LogP contribution in [-0.2, 0) is 11.3 Å². The van der Waals surface area contributed by atoms with E-state index in [1.54, 1.807) is 26.8 Å². The summed E-state index contributed by atoms with van der Waals surface area (Å²) < 4.78 is 21.9. The van der Waals surface area contributed by atoms with Crippen molar-refractivity contribution in [1.82, 2.24) is 24.8 Å². The summed E-state index contributed by atoms with van der Waals surface area (Å²) in [4.78, 5) is 27.0. The van der Waals surface area contributed by atoms with Gasteiger partial charge in [-0.1, -0.05) is 0 Å². The zero-order valence-electron chi connectivity index (χ0n) is 21.3. The van der Waals surface area contributed by atoms with Crippen LogP contribution in [-0.4, -0.2) is 62.6 Å². The van der Waals surface area contributed by atoms with Crippen LogP contribution in [0.4, 0.5) is 15.0 Å². The van der Waals surface area contributed by atoms with Gasteiger partial charge in [0, 0.05) is 37.1 Å². The number of H-pyrrole nitrogens is 1. The number of imidazole rings is 1. The highest BCUT2D eigenvalue weighted by atomic mass is 19.1. The third kappa shape index (κ3) is 5.40. The number of rotatable bonds is 8. The normalized spacial score (nSPS) is 11.7. The van der Waals surface area contributed by atoms with E-state index in [9.17, 15) is 14.4 Å². The Bertz CT molecular complexity index is 1480. The van der Waals surface area contributed by atoms with Crippen LogP contribution in [0.15, 0.2) is 30.6 Å². The Labute approximate surface area is 213 Å². The fourth-order valence-corrected chi connectivity index (χ4v) is 4.20. The summed E-state index contributed by atoms with van der Waals surface area (Å²) in [5, 5.41) is 22.4. The second kappa shape index (κ2) is 10.5. The molecule has 0 aliphatic heterocycles. The first kappa shape index (κ1) is 26.1. The molecule has 0 atom stereocenters. The molecule has 0 bridgehead atoms. The van der Waals surface area contributed by atoms with E-state index in [0.717, 1.165) is 0 Å². The maximum absolute atomic E-state index is 14.4. The lowest BCUT2D eigenvalue weighted by atomic mass is 10.1. The van der Waals surface area contributed by atoms with Gasteiger partial charge in [0.15, 0.2) is 5.82 Å². The third-order valence-electron chi connectivity index (χ3n) is 5.71. The molecule has 0 aliphatic carbocycles. The van der Waals surface area contributed by atoms with Crippen molar-refractivity contribution in [3.63, 3.8) is 0 Å². The van der Waals surface area contributed by atoms with Crippen molar-refractivity contribution in [2.75, 3.05) is 31.1 Å². The van der Waals surface area contributed by atoms with Gasteiger partial charge in [-0.3, -0.25) is 4.90 Å². The van der Waals surface area contributed by atoms with Gasteiger partial charge in [-0.15, -0.1) is 0 Å². The van der Waals surface area contributed by atoms with Crippen LogP contribution in [0.25, 0.3) is 33.3 Å². The molecule has 37 heavy (non-hydrogen) atoms. The number of nitriles is 1. The molecule has 194 valence electrons. The molecule has 0 saturated heterocycles. The van der Waals surface area contributed by atoms with E-state index in [1.807, 2.05) is 23.6 Å². The molecule has 4 aromatic rings. The predicted molar refractivity (Wildman–Crippen MR) is 139 cm³/mol. The fraction of sp³-hybridized carbons (Fsp3) is 0.385. The molecule has 1 aromatic carbocycles. The van der Waals surface area contributed by atoms with Gasteiger partial charge in [0.1, 0.15) is 28.1 Å². The molecule has 0 aliphatic rings. The molecular formula is C26H30FN7O3. The second-order valence-electron chi connectivity index (χ2n) is 9.52. The Kier molecular flexibility index (Phi) is 7.42. The summed E-state index contributed by atoms with van der Waals surface area (Å²) in [6.45, 7) is 8.87. The Morgan fingerprint density at radius 3 is 2.76 bits per heavy atom. The lowest BCUT2D eigenvalue weighted by Crippen LogP contribution is -2.37. The van der Waals surface area contributed by atoms with E-state index in [2.05, 4.69) is 15.3 Å². The molecule has 0 fully saturated rings. The summed E-state index contributed by atoms with van der Waals surface area (Å²) in [6, 6.07) is 8.03. The van der Waals surface area contributed by atoms with Crippen LogP contribution < -0.4 is 10.2 Å². The number of aliphatic hydroxyl groups is 1. The van der Waals surface area contributed by atoms with E-state index < -0.39 is 17.5 Å². The highest BCUT2D eigenvalue weighted by Crippen LogP contribution is 2.35. The number of nitrogens with one attached hydrogen (secondary N) is 2. The van der Waals surface area contributed by atoms with Crippen LogP contribution in [0.3, 0.4) is 0 Å². The smallest absolute Gasteiger partial charge is 0.416 e. The molecular weight excluding hydrogens is 477 g/mol. The van der Waals surface area contributed by atoms with Crippen molar-refractivity contribution in [1.29, 1.82) is 5.26 Å². The van der Waals surface area contributed by atoms with Gasteiger partial charge in [-0.05, 0) is 52.0 Å². The van der Waals surface area contributed by atoms with Crippen molar-refractivity contribution in [2.24, 2.45) is 0 Å². The minimum Gasteiger partial charge on any atom is -0.443 e. The molecule has 3 heterocycles. The third-order valence-corrected chi connectivity index (χ3v) is 5.71. The largest absolute Gasteiger partial charge is 0.443 e. The van der Waals surface area contributed by atoms with Gasteiger partial charge < -0.3 is 24.7 Å². The molecule has 3 N–H and O–H groups in total. The topological polar surface area (TPSA) is 132 Å². The second-order valence-corrected chi connectivity index (χ2v) is 9.52. The van der Waals surface area contributed by atoms with Crippen LogP contribution in [0.5, 0.6) is 0 Å². The van der Waals surface area contributed by atoms with Gasteiger partial charge in [0.2, 0.25) is 0 Å². The van der Waals surface area contributed by atoms with Crippen LogP contribution in [0.1, 0.15) is 33.3 Å². The Balaban J connectivity index is 1.95. The summed E-state index contributed by atoms with van der Waals surface area (Å²) in [5.74, 6) is -0.159. The predicted octanol–water partition coefficient (Wildman–Crippen LogP) is 3.93. The van der Waals surface area contributed by atoms with Gasteiger partial charge in [0.05, 0.1) is 30.3 Å². The fourth-order valence-electron chi connectivity index (χ4n) is 4.20. The maximum Gasteiger partial charge on any atom is 0.416 e. The van der Waals surface area contributed by atoms with Crippen molar-refractivity contribution in [3.05, 3.63) is 42.0 Å². The van der Waals surface area contributed by atoms with Crippen molar-refractivity contribution < 1.29 is 19.0 Å². The number of carbonyl (C=O) groups is 1. The first-order valence-electron chi connectivity index (χ1n) is 12.1. The number of carbonyl (C=O) groups excluding carboxylic acids is 1. The van der Waals surface area contributed by atoms with Crippen molar-refractivity contribution in [3.8, 4) is 17.3 Å². The van der Waals surface area contributed by atoms with E-state index >= 15 is 0 Å². The van der Waals surface area contributed by atoms with Crippen LogP contribution >= 0.6 is 0 Å². The SMILES string of the molecule is CCN(C(=O)OC(C)(C)C)c1nc2c(cc(-c3cc(F)cc(C#N)c3)n2CCNCCO)c2nc[nH]c12. The summed E-state index contributed by atoms with van der Waals surface area (Å²) in [5.41, 5.74) is 2.38. The highest BCUT2D eigenvalue weighted by molar-refractivity contribution is 6.09. The average molecular weight is 508 g/mol. The number of aromatic amines is 1. The lowest BCUT2D eigenvalue weighted by molar-refractivity contribution is 0.0581. The number of aromatic nitrogens is 4. The van der Waals surface area contributed by atoms with Gasteiger partial charge in [-0.2, -0.15) is 5.26 Å². The number of hydrogen-bond acceptors (Lipinski definition) is 7. The van der Waals surface area contributed by atoms with E-state index in [-0.39, 0.29) is 12.2 Å².